The molecule has 112 valence electrons. The van der Waals surface area contributed by atoms with Gasteiger partial charge in [-0.1, -0.05) is 6.07 Å². The van der Waals surface area contributed by atoms with Crippen LogP contribution in [0.3, 0.4) is 0 Å². The zero-order valence-corrected chi connectivity index (χ0v) is 13.1. The summed E-state index contributed by atoms with van der Waals surface area (Å²) in [5.74, 6) is 0.283. The summed E-state index contributed by atoms with van der Waals surface area (Å²) in [6.07, 6.45) is 1.88. The van der Waals surface area contributed by atoms with Crippen molar-refractivity contribution in [3.05, 3.63) is 39.8 Å². The lowest BCUT2D eigenvalue weighted by Crippen LogP contribution is -2.39. The molecule has 0 saturated carbocycles. The summed E-state index contributed by atoms with van der Waals surface area (Å²) in [5.41, 5.74) is 2.35. The fourth-order valence-corrected chi connectivity index (χ4v) is 3.64. The van der Waals surface area contributed by atoms with Crippen molar-refractivity contribution < 1.29 is 9.53 Å². The van der Waals surface area contributed by atoms with Gasteiger partial charge in [-0.3, -0.25) is 9.48 Å². The van der Waals surface area contributed by atoms with Gasteiger partial charge in [0, 0.05) is 38.2 Å². The van der Waals surface area contributed by atoms with Crippen LogP contribution in [-0.2, 0) is 17.8 Å². The van der Waals surface area contributed by atoms with Gasteiger partial charge < -0.3 is 9.64 Å². The van der Waals surface area contributed by atoms with Gasteiger partial charge in [0.25, 0.3) is 5.91 Å². The molecule has 2 aromatic heterocycles. The molecule has 6 heteroatoms. The quantitative estimate of drug-likeness (QED) is 0.871. The number of methoxy groups -OCH3 is 1. The lowest BCUT2D eigenvalue weighted by Gasteiger charge is -2.33. The predicted molar refractivity (Wildman–Crippen MR) is 81.6 cm³/mol. The standard InChI is InChI=1S/C15H19N3O2S/c1-3-18-14-11(7-16-18)8-17(9-12(14)10-20-2)15(19)13-5-4-6-21-13/h4-7,12H,3,8-10H2,1-2H3/t12-/m1/s1. The first-order chi connectivity index (χ1) is 10.2. The van der Waals surface area contributed by atoms with Crippen molar-refractivity contribution in [3.63, 3.8) is 0 Å². The minimum absolute atomic E-state index is 0.0981. The molecule has 1 atom stereocenters. The Kier molecular flexibility index (Phi) is 4.07. The second-order valence-electron chi connectivity index (χ2n) is 5.19. The molecule has 0 saturated heterocycles. The summed E-state index contributed by atoms with van der Waals surface area (Å²) >= 11 is 1.49. The van der Waals surface area contributed by atoms with Crippen molar-refractivity contribution in [2.24, 2.45) is 0 Å². The van der Waals surface area contributed by atoms with Gasteiger partial charge in [-0.2, -0.15) is 5.10 Å². The number of carbonyl (C=O) groups is 1. The topological polar surface area (TPSA) is 47.4 Å². The van der Waals surface area contributed by atoms with Crippen molar-refractivity contribution in [3.8, 4) is 0 Å². The van der Waals surface area contributed by atoms with E-state index in [1.54, 1.807) is 7.11 Å². The van der Waals surface area contributed by atoms with Crippen molar-refractivity contribution >= 4 is 17.2 Å². The molecule has 0 fully saturated rings. The van der Waals surface area contributed by atoms with Gasteiger partial charge in [0.1, 0.15) is 0 Å². The van der Waals surface area contributed by atoms with Crippen LogP contribution in [0.15, 0.2) is 23.7 Å². The Bertz CT molecular complexity index is 621. The smallest absolute Gasteiger partial charge is 0.264 e. The Morgan fingerprint density at radius 3 is 3.10 bits per heavy atom. The number of thiophene rings is 1. The van der Waals surface area contributed by atoms with Gasteiger partial charge in [0.15, 0.2) is 0 Å². The van der Waals surface area contributed by atoms with Crippen molar-refractivity contribution in [1.82, 2.24) is 14.7 Å². The highest BCUT2D eigenvalue weighted by molar-refractivity contribution is 7.12. The van der Waals surface area contributed by atoms with E-state index in [1.807, 2.05) is 33.3 Å². The van der Waals surface area contributed by atoms with Gasteiger partial charge >= 0.3 is 0 Å². The average molecular weight is 305 g/mol. The Hall–Kier alpha value is -1.66. The Morgan fingerprint density at radius 2 is 2.43 bits per heavy atom. The highest BCUT2D eigenvalue weighted by atomic mass is 32.1. The number of nitrogens with zero attached hydrogens (tertiary/aromatic N) is 3. The molecule has 0 spiro atoms. The summed E-state index contributed by atoms with van der Waals surface area (Å²) < 4.78 is 7.37. The maximum atomic E-state index is 12.6. The van der Waals surface area contributed by atoms with Crippen molar-refractivity contribution in [2.75, 3.05) is 20.3 Å². The Morgan fingerprint density at radius 1 is 1.57 bits per heavy atom. The van der Waals surface area contributed by atoms with Crippen molar-refractivity contribution in [1.29, 1.82) is 0 Å². The monoisotopic (exact) mass is 305 g/mol. The molecule has 0 aromatic carbocycles. The number of hydrogen-bond donors (Lipinski definition) is 0. The summed E-state index contributed by atoms with van der Waals surface area (Å²) in [6, 6.07) is 3.79. The molecule has 1 aliphatic heterocycles. The second kappa shape index (κ2) is 5.99. The van der Waals surface area contributed by atoms with E-state index in [0.717, 1.165) is 17.0 Å². The largest absolute Gasteiger partial charge is 0.384 e. The molecular weight excluding hydrogens is 286 g/mol. The van der Waals surface area contributed by atoms with Crippen LogP contribution >= 0.6 is 11.3 Å². The number of rotatable bonds is 4. The SMILES string of the molecule is CCn1ncc2c1[C@@H](COC)CN(C(=O)c1cccs1)C2. The predicted octanol–water partition coefficient (Wildman–Crippen LogP) is 2.35. The molecule has 0 unspecified atom stereocenters. The number of aryl methyl sites for hydroxylation is 1. The van der Waals surface area contributed by atoms with Crippen LogP contribution in [0, 0.1) is 0 Å². The van der Waals surface area contributed by atoms with E-state index in [2.05, 4.69) is 12.0 Å². The average Bonchev–Trinajstić information content (AvgIpc) is 3.16. The minimum atomic E-state index is 0.0981. The van der Waals surface area contributed by atoms with Crippen LogP contribution in [0.5, 0.6) is 0 Å². The number of carbonyl (C=O) groups excluding carboxylic acids is 1. The van der Waals surface area contributed by atoms with Gasteiger partial charge in [-0.25, -0.2) is 0 Å². The van der Waals surface area contributed by atoms with E-state index in [4.69, 9.17) is 4.74 Å². The lowest BCUT2D eigenvalue weighted by molar-refractivity contribution is 0.0680. The van der Waals surface area contributed by atoms with Gasteiger partial charge in [-0.15, -0.1) is 11.3 Å². The first kappa shape index (κ1) is 14.3. The van der Waals surface area contributed by atoms with Gasteiger partial charge in [0.2, 0.25) is 0 Å². The molecule has 5 nitrogen and oxygen atoms in total. The van der Waals surface area contributed by atoms with Crippen LogP contribution < -0.4 is 0 Å². The van der Waals surface area contributed by atoms with Gasteiger partial charge in [0.05, 0.1) is 23.4 Å². The van der Waals surface area contributed by atoms with Crippen molar-refractivity contribution in [2.45, 2.75) is 25.9 Å². The minimum Gasteiger partial charge on any atom is -0.384 e. The summed E-state index contributed by atoms with van der Waals surface area (Å²) in [5, 5.41) is 6.37. The molecule has 21 heavy (non-hydrogen) atoms. The van der Waals surface area contributed by atoms with E-state index >= 15 is 0 Å². The molecule has 0 radical (unpaired) electrons. The number of hydrogen-bond acceptors (Lipinski definition) is 4. The molecule has 1 aliphatic rings. The molecule has 1 amide bonds. The first-order valence-corrected chi connectivity index (χ1v) is 7.98. The number of fused-ring (bicyclic) bond motifs is 1. The van der Waals surface area contributed by atoms with Crippen LogP contribution in [0.2, 0.25) is 0 Å². The first-order valence-electron chi connectivity index (χ1n) is 7.10. The van der Waals surface area contributed by atoms with Crippen LogP contribution in [0.1, 0.15) is 33.8 Å². The Balaban J connectivity index is 1.89. The maximum Gasteiger partial charge on any atom is 0.264 e. The van der Waals surface area contributed by atoms with Crippen LogP contribution in [0.25, 0.3) is 0 Å². The molecule has 0 bridgehead atoms. The highest BCUT2D eigenvalue weighted by Gasteiger charge is 2.32. The zero-order chi connectivity index (χ0) is 14.8. The number of aromatic nitrogens is 2. The third kappa shape index (κ3) is 2.61. The normalized spacial score (nSPS) is 17.8. The molecule has 0 N–H and O–H groups in total. The van der Waals surface area contributed by atoms with E-state index in [1.165, 1.54) is 17.0 Å². The van der Waals surface area contributed by atoms with Crippen LogP contribution in [0.4, 0.5) is 0 Å². The molecule has 2 aromatic rings. The zero-order valence-electron chi connectivity index (χ0n) is 12.3. The van der Waals surface area contributed by atoms with Crippen LogP contribution in [-0.4, -0.2) is 40.8 Å². The van der Waals surface area contributed by atoms with E-state index < -0.39 is 0 Å². The van der Waals surface area contributed by atoms with Gasteiger partial charge in [-0.05, 0) is 18.4 Å². The number of ether oxygens (including phenoxy) is 1. The van der Waals surface area contributed by atoms with E-state index in [0.29, 0.717) is 19.7 Å². The third-order valence-corrected chi connectivity index (χ3v) is 4.69. The summed E-state index contributed by atoms with van der Waals surface area (Å²) in [4.78, 5) is 15.3. The molecular formula is C15H19N3O2S. The molecule has 3 rings (SSSR count). The summed E-state index contributed by atoms with van der Waals surface area (Å²) in [7, 11) is 1.70. The fourth-order valence-electron chi connectivity index (χ4n) is 2.95. The summed E-state index contributed by atoms with van der Waals surface area (Å²) in [6.45, 7) is 4.84. The fraction of sp³-hybridized carbons (Fsp3) is 0.467. The van der Waals surface area contributed by atoms with E-state index in [-0.39, 0.29) is 11.8 Å². The molecule has 0 aliphatic carbocycles. The Labute approximate surface area is 128 Å². The number of amides is 1. The maximum absolute atomic E-state index is 12.6. The lowest BCUT2D eigenvalue weighted by atomic mass is 9.96. The highest BCUT2D eigenvalue weighted by Crippen LogP contribution is 2.30. The third-order valence-electron chi connectivity index (χ3n) is 3.84. The molecule has 3 heterocycles. The second-order valence-corrected chi connectivity index (χ2v) is 6.13. The van der Waals surface area contributed by atoms with E-state index in [9.17, 15) is 4.79 Å².